The maximum absolute atomic E-state index is 12.2. The second kappa shape index (κ2) is 7.32. The highest BCUT2D eigenvalue weighted by molar-refractivity contribution is 5.82. The predicted octanol–water partition coefficient (Wildman–Crippen LogP) is 1.16. The van der Waals surface area contributed by atoms with Crippen LogP contribution < -0.4 is 10.1 Å². The van der Waals surface area contributed by atoms with Crippen LogP contribution in [0.3, 0.4) is 0 Å². The molecule has 1 N–H and O–H groups in total. The number of carbonyl (C=O) groups is 1. The fraction of sp³-hybridized carbons (Fsp3) is 0.611. The molecule has 1 heterocycles. The van der Waals surface area contributed by atoms with Crippen molar-refractivity contribution in [2.24, 2.45) is 5.92 Å². The standard InChI is InChI=1S/C18H27N3O2/c1-20-9-11-21(12-10-20)8-7-19-18(22)17-13-16(17)14-3-5-15(23-2)6-4-14/h3-6,16-17H,7-13H2,1-2H3,(H,19,22). The van der Waals surface area contributed by atoms with Crippen molar-refractivity contribution in [3.05, 3.63) is 29.8 Å². The van der Waals surface area contributed by atoms with E-state index in [2.05, 4.69) is 34.3 Å². The number of hydrogen-bond donors (Lipinski definition) is 1. The summed E-state index contributed by atoms with van der Waals surface area (Å²) in [5, 5.41) is 3.11. The number of benzene rings is 1. The van der Waals surface area contributed by atoms with Gasteiger partial charge in [0.2, 0.25) is 5.91 Å². The van der Waals surface area contributed by atoms with Gasteiger partial charge in [0.25, 0.3) is 0 Å². The molecule has 5 nitrogen and oxygen atoms in total. The van der Waals surface area contributed by atoms with Gasteiger partial charge in [0.1, 0.15) is 5.75 Å². The van der Waals surface area contributed by atoms with Gasteiger partial charge >= 0.3 is 0 Å². The number of rotatable bonds is 6. The number of carbonyl (C=O) groups excluding carboxylic acids is 1. The van der Waals surface area contributed by atoms with Crippen LogP contribution in [0.4, 0.5) is 0 Å². The molecule has 2 aliphatic rings. The molecule has 5 heteroatoms. The Bertz CT molecular complexity index is 524. The zero-order valence-corrected chi connectivity index (χ0v) is 14.1. The van der Waals surface area contributed by atoms with Crippen molar-refractivity contribution < 1.29 is 9.53 Å². The first-order valence-corrected chi connectivity index (χ1v) is 8.50. The van der Waals surface area contributed by atoms with Crippen LogP contribution in [0.1, 0.15) is 17.9 Å². The first-order chi connectivity index (χ1) is 11.2. The molecule has 1 aliphatic heterocycles. The summed E-state index contributed by atoms with van der Waals surface area (Å²) in [6.07, 6.45) is 0.965. The lowest BCUT2D eigenvalue weighted by Crippen LogP contribution is -2.47. The summed E-state index contributed by atoms with van der Waals surface area (Å²) >= 11 is 0. The first-order valence-electron chi connectivity index (χ1n) is 8.50. The Kier molecular flexibility index (Phi) is 5.18. The lowest BCUT2D eigenvalue weighted by molar-refractivity contribution is -0.122. The lowest BCUT2D eigenvalue weighted by Gasteiger charge is -2.32. The Hall–Kier alpha value is -1.59. The van der Waals surface area contributed by atoms with E-state index in [9.17, 15) is 4.79 Å². The Labute approximate surface area is 138 Å². The monoisotopic (exact) mass is 317 g/mol. The van der Waals surface area contributed by atoms with Gasteiger partial charge in [0, 0.05) is 45.2 Å². The molecular weight excluding hydrogens is 290 g/mol. The number of hydrogen-bond acceptors (Lipinski definition) is 4. The topological polar surface area (TPSA) is 44.8 Å². The smallest absolute Gasteiger partial charge is 0.223 e. The number of nitrogens with one attached hydrogen (secondary N) is 1. The Morgan fingerprint density at radius 2 is 1.91 bits per heavy atom. The molecule has 2 fully saturated rings. The minimum atomic E-state index is 0.149. The van der Waals surface area contributed by atoms with E-state index < -0.39 is 0 Å². The number of likely N-dealkylation sites (N-methyl/N-ethyl adjacent to an activating group) is 1. The van der Waals surface area contributed by atoms with Gasteiger partial charge in [0.15, 0.2) is 0 Å². The molecule has 1 amide bonds. The fourth-order valence-corrected chi connectivity index (χ4v) is 3.24. The van der Waals surface area contributed by atoms with E-state index in [1.807, 2.05) is 12.1 Å². The fourth-order valence-electron chi connectivity index (χ4n) is 3.24. The molecule has 0 radical (unpaired) electrons. The van der Waals surface area contributed by atoms with Gasteiger partial charge in [0.05, 0.1) is 7.11 Å². The van der Waals surface area contributed by atoms with Crippen molar-refractivity contribution in [1.82, 2.24) is 15.1 Å². The maximum Gasteiger partial charge on any atom is 0.223 e. The van der Waals surface area contributed by atoms with Gasteiger partial charge in [-0.3, -0.25) is 9.69 Å². The number of methoxy groups -OCH3 is 1. The average molecular weight is 317 g/mol. The highest BCUT2D eigenvalue weighted by Crippen LogP contribution is 2.47. The van der Waals surface area contributed by atoms with Crippen molar-refractivity contribution in [1.29, 1.82) is 0 Å². The molecule has 2 atom stereocenters. The van der Waals surface area contributed by atoms with Crippen molar-refractivity contribution in [3.63, 3.8) is 0 Å². The highest BCUT2D eigenvalue weighted by Gasteiger charge is 2.43. The molecule has 0 spiro atoms. The third-order valence-electron chi connectivity index (χ3n) is 4.99. The van der Waals surface area contributed by atoms with Crippen LogP contribution in [-0.4, -0.2) is 69.1 Å². The summed E-state index contributed by atoms with van der Waals surface area (Å²) in [7, 11) is 3.83. The van der Waals surface area contributed by atoms with E-state index in [1.54, 1.807) is 7.11 Å². The third-order valence-corrected chi connectivity index (χ3v) is 4.99. The zero-order chi connectivity index (χ0) is 16.2. The predicted molar refractivity (Wildman–Crippen MR) is 90.8 cm³/mol. The van der Waals surface area contributed by atoms with Crippen LogP contribution >= 0.6 is 0 Å². The maximum atomic E-state index is 12.2. The van der Waals surface area contributed by atoms with Crippen LogP contribution in [0, 0.1) is 5.92 Å². The minimum Gasteiger partial charge on any atom is -0.497 e. The van der Waals surface area contributed by atoms with Crippen molar-refractivity contribution in [3.8, 4) is 5.75 Å². The quantitative estimate of drug-likeness (QED) is 0.855. The van der Waals surface area contributed by atoms with Gasteiger partial charge < -0.3 is 15.0 Å². The summed E-state index contributed by atoms with van der Waals surface area (Å²) in [6.45, 7) is 6.16. The first kappa shape index (κ1) is 16.3. The molecule has 1 aromatic rings. The minimum absolute atomic E-state index is 0.149. The van der Waals surface area contributed by atoms with Crippen molar-refractivity contribution >= 4 is 5.91 Å². The molecule has 0 aromatic heterocycles. The van der Waals surface area contributed by atoms with Crippen LogP contribution in [0.15, 0.2) is 24.3 Å². The SMILES string of the molecule is COc1ccc(C2CC2C(=O)NCCN2CCN(C)CC2)cc1. The summed E-state index contributed by atoms with van der Waals surface area (Å²) in [5.41, 5.74) is 1.24. The van der Waals surface area contributed by atoms with Crippen LogP contribution in [0.5, 0.6) is 5.75 Å². The summed E-state index contributed by atoms with van der Waals surface area (Å²) in [4.78, 5) is 17.0. The number of ether oxygens (including phenoxy) is 1. The van der Waals surface area contributed by atoms with E-state index in [-0.39, 0.29) is 11.8 Å². The molecule has 23 heavy (non-hydrogen) atoms. The Morgan fingerprint density at radius 1 is 1.22 bits per heavy atom. The van der Waals surface area contributed by atoms with E-state index in [4.69, 9.17) is 4.74 Å². The van der Waals surface area contributed by atoms with Crippen molar-refractivity contribution in [2.45, 2.75) is 12.3 Å². The van der Waals surface area contributed by atoms with Crippen LogP contribution in [0.25, 0.3) is 0 Å². The molecular formula is C18H27N3O2. The van der Waals surface area contributed by atoms with E-state index in [1.165, 1.54) is 5.56 Å². The normalized spacial score (nSPS) is 25.1. The highest BCUT2D eigenvalue weighted by atomic mass is 16.5. The van der Waals surface area contributed by atoms with Gasteiger partial charge in [-0.05, 0) is 37.1 Å². The lowest BCUT2D eigenvalue weighted by atomic mass is 10.1. The largest absolute Gasteiger partial charge is 0.497 e. The van der Waals surface area contributed by atoms with Crippen molar-refractivity contribution in [2.75, 3.05) is 53.4 Å². The molecule has 1 saturated carbocycles. The molecule has 3 rings (SSSR count). The second-order valence-electron chi connectivity index (χ2n) is 6.66. The van der Waals surface area contributed by atoms with E-state index >= 15 is 0 Å². The summed E-state index contributed by atoms with van der Waals surface area (Å²) in [5.74, 6) is 1.60. The summed E-state index contributed by atoms with van der Waals surface area (Å²) in [6, 6.07) is 8.08. The average Bonchev–Trinajstić information content (AvgIpc) is 3.37. The molecule has 126 valence electrons. The van der Waals surface area contributed by atoms with E-state index in [0.717, 1.165) is 51.4 Å². The van der Waals surface area contributed by atoms with Gasteiger partial charge in [-0.2, -0.15) is 0 Å². The zero-order valence-electron chi connectivity index (χ0n) is 14.1. The second-order valence-corrected chi connectivity index (χ2v) is 6.66. The third kappa shape index (κ3) is 4.24. The summed E-state index contributed by atoms with van der Waals surface area (Å²) < 4.78 is 5.17. The Morgan fingerprint density at radius 3 is 2.57 bits per heavy atom. The molecule has 2 unspecified atom stereocenters. The van der Waals surface area contributed by atoms with Gasteiger partial charge in [-0.1, -0.05) is 12.1 Å². The van der Waals surface area contributed by atoms with Gasteiger partial charge in [-0.15, -0.1) is 0 Å². The molecule has 1 aromatic carbocycles. The number of piperazine rings is 1. The van der Waals surface area contributed by atoms with Crippen LogP contribution in [-0.2, 0) is 4.79 Å². The van der Waals surface area contributed by atoms with E-state index in [0.29, 0.717) is 5.92 Å². The number of nitrogens with zero attached hydrogens (tertiary/aromatic N) is 2. The van der Waals surface area contributed by atoms with Crippen LogP contribution in [0.2, 0.25) is 0 Å². The van der Waals surface area contributed by atoms with Gasteiger partial charge in [-0.25, -0.2) is 0 Å². The number of amides is 1. The molecule has 1 saturated heterocycles. The molecule has 1 aliphatic carbocycles. The Balaban J connectivity index is 1.38. The molecule has 0 bridgehead atoms.